The van der Waals surface area contributed by atoms with Crippen LogP contribution in [0.5, 0.6) is 0 Å². The summed E-state index contributed by atoms with van der Waals surface area (Å²) in [6.45, 7) is 4.91. The van der Waals surface area contributed by atoms with Crippen LogP contribution in [0.2, 0.25) is 0 Å². The van der Waals surface area contributed by atoms with Crippen molar-refractivity contribution in [3.8, 4) is 0 Å². The monoisotopic (exact) mass is 282 g/mol. The zero-order valence-electron chi connectivity index (χ0n) is 9.81. The quantitative estimate of drug-likeness (QED) is 0.696. The van der Waals surface area contributed by atoms with Gasteiger partial charge in [-0.05, 0) is 38.5 Å². The lowest BCUT2D eigenvalue weighted by Crippen LogP contribution is -2.21. The van der Waals surface area contributed by atoms with E-state index in [4.69, 9.17) is 20.9 Å². The molecule has 16 heavy (non-hydrogen) atoms. The summed E-state index contributed by atoms with van der Waals surface area (Å²) in [4.78, 5) is 11.7. The third kappa shape index (κ3) is 4.46. The highest BCUT2D eigenvalue weighted by Gasteiger charge is 2.30. The van der Waals surface area contributed by atoms with Crippen molar-refractivity contribution in [2.75, 3.05) is 13.2 Å². The highest BCUT2D eigenvalue weighted by Crippen LogP contribution is 2.63. The number of carbonyl (C=O) groups is 1. The van der Waals surface area contributed by atoms with Gasteiger partial charge in [-0.2, -0.15) is 0 Å². The normalized spacial score (nSPS) is 22.4. The van der Waals surface area contributed by atoms with Crippen LogP contribution in [0.1, 0.15) is 39.5 Å². The molecule has 0 bridgehead atoms. The molecule has 0 saturated heterocycles. The van der Waals surface area contributed by atoms with Crippen LogP contribution in [0.25, 0.3) is 0 Å². The maximum absolute atomic E-state index is 11.7. The second-order valence-electron chi connectivity index (χ2n) is 3.59. The van der Waals surface area contributed by atoms with Gasteiger partial charge in [0.2, 0.25) is 5.69 Å². The molecule has 0 heterocycles. The van der Waals surface area contributed by atoms with Crippen LogP contribution >= 0.6 is 17.1 Å². The first-order valence-electron chi connectivity index (χ1n) is 5.71. The highest BCUT2D eigenvalue weighted by atomic mass is 32.9. The topological polar surface area (TPSA) is 35.5 Å². The molecule has 0 N–H and O–H groups in total. The van der Waals surface area contributed by atoms with Gasteiger partial charge >= 0.3 is 0 Å². The van der Waals surface area contributed by atoms with E-state index in [1.807, 2.05) is 13.8 Å². The highest BCUT2D eigenvalue weighted by molar-refractivity contribution is 8.68. The van der Waals surface area contributed by atoms with Crippen molar-refractivity contribution in [2.45, 2.75) is 44.8 Å². The smallest absolute Gasteiger partial charge is 0.248 e. The molecule has 0 aromatic heterocycles. The van der Waals surface area contributed by atoms with Crippen molar-refractivity contribution < 1.29 is 13.8 Å². The number of hydrogen-bond donors (Lipinski definition) is 0. The van der Waals surface area contributed by atoms with E-state index in [1.165, 1.54) is 11.4 Å². The van der Waals surface area contributed by atoms with Gasteiger partial charge in [-0.1, -0.05) is 17.8 Å². The number of ketones is 1. The molecule has 1 saturated carbocycles. The third-order valence-electron chi connectivity index (χ3n) is 2.33. The molecule has 0 aromatic rings. The van der Waals surface area contributed by atoms with Crippen LogP contribution < -0.4 is 0 Å². The molecule has 0 aliphatic heterocycles. The molecule has 0 amide bonds. The van der Waals surface area contributed by atoms with Crippen LogP contribution in [0.15, 0.2) is 0 Å². The first-order valence-corrected chi connectivity index (χ1v) is 9.84. The van der Waals surface area contributed by atoms with Gasteiger partial charge in [0.05, 0.1) is 18.5 Å². The molecule has 0 radical (unpaired) electrons. The Hall–Kier alpha value is 0.590. The van der Waals surface area contributed by atoms with Crippen molar-refractivity contribution in [1.29, 1.82) is 0 Å². The van der Waals surface area contributed by atoms with Crippen molar-refractivity contribution in [1.82, 2.24) is 0 Å². The molecule has 1 atom stereocenters. The summed E-state index contributed by atoms with van der Waals surface area (Å²) < 4.78 is 11.1. The van der Waals surface area contributed by atoms with E-state index in [0.717, 1.165) is 19.3 Å². The van der Waals surface area contributed by atoms with E-state index in [2.05, 4.69) is 0 Å². The van der Waals surface area contributed by atoms with E-state index < -0.39 is 5.69 Å². The summed E-state index contributed by atoms with van der Waals surface area (Å²) in [7, 11) is 0. The molecule has 6 heteroatoms. The minimum absolute atomic E-state index is 0.00215. The first-order chi connectivity index (χ1) is 7.61. The van der Waals surface area contributed by atoms with Gasteiger partial charge in [-0.25, -0.2) is 0 Å². The van der Waals surface area contributed by atoms with Crippen LogP contribution in [-0.2, 0) is 25.6 Å². The third-order valence-corrected chi connectivity index (χ3v) is 8.07. The first kappa shape index (κ1) is 14.7. The average Bonchev–Trinajstić information content (AvgIpc) is 2.22. The fourth-order valence-electron chi connectivity index (χ4n) is 1.63. The number of hydrogen-bond acceptors (Lipinski definition) is 5. The molecule has 3 nitrogen and oxygen atoms in total. The Bertz CT molecular complexity index is 273. The van der Waals surface area contributed by atoms with E-state index in [1.54, 1.807) is 0 Å². The van der Waals surface area contributed by atoms with Crippen molar-refractivity contribution >= 4 is 34.7 Å². The van der Waals surface area contributed by atoms with E-state index in [0.29, 0.717) is 25.4 Å². The minimum atomic E-state index is -2.30. The molecular weight excluding hydrogens is 263 g/mol. The Morgan fingerprint density at radius 2 is 2.00 bits per heavy atom. The summed E-state index contributed by atoms with van der Waals surface area (Å²) >= 11 is 6.87. The number of Topliss-reactive ketones (excluding diaryl/α,β-unsaturated/α-hetero) is 1. The lowest BCUT2D eigenvalue weighted by Gasteiger charge is -2.26. The number of rotatable bonds is 6. The Morgan fingerprint density at radius 3 is 2.50 bits per heavy atom. The molecule has 1 aliphatic rings. The largest absolute Gasteiger partial charge is 0.322 e. The van der Waals surface area contributed by atoms with Crippen LogP contribution in [0.3, 0.4) is 0 Å². The Balaban J connectivity index is 2.59. The molecule has 94 valence electrons. The standard InChI is InChI=1S/C10H19O3PS2/c1-3-12-14(15,13-4-2)16-10-8-6-5-7-9(10)11/h10H,3-8H2,1-2H3. The summed E-state index contributed by atoms with van der Waals surface area (Å²) in [5, 5.41) is -0.00215. The zero-order chi connectivity index (χ0) is 12.0. The fraction of sp³-hybridized carbons (Fsp3) is 0.900. The maximum atomic E-state index is 11.7. The molecule has 1 unspecified atom stereocenters. The van der Waals surface area contributed by atoms with E-state index in [-0.39, 0.29) is 5.25 Å². The van der Waals surface area contributed by atoms with Gasteiger partial charge < -0.3 is 9.05 Å². The van der Waals surface area contributed by atoms with Gasteiger partial charge in [0.15, 0.2) is 0 Å². The molecule has 0 aromatic carbocycles. The Kier molecular flexibility index (Phi) is 6.52. The van der Waals surface area contributed by atoms with Gasteiger partial charge in [-0.15, -0.1) is 0 Å². The Labute approximate surface area is 107 Å². The van der Waals surface area contributed by atoms with Gasteiger partial charge in [0.25, 0.3) is 0 Å². The molecule has 1 rings (SSSR count). The second-order valence-corrected chi connectivity index (χ2v) is 9.99. The predicted octanol–water partition coefficient (Wildman–Crippen LogP) is 3.53. The molecule has 1 fully saturated rings. The SMILES string of the molecule is CCOP(=S)(OCC)SC1CCCCC1=O. The average molecular weight is 282 g/mol. The van der Waals surface area contributed by atoms with Gasteiger partial charge in [0.1, 0.15) is 5.78 Å². The summed E-state index contributed by atoms with van der Waals surface area (Å²) in [5.41, 5.74) is -2.30. The van der Waals surface area contributed by atoms with Gasteiger partial charge in [0, 0.05) is 6.42 Å². The van der Waals surface area contributed by atoms with Crippen LogP contribution in [-0.4, -0.2) is 24.2 Å². The summed E-state index contributed by atoms with van der Waals surface area (Å²) in [5.74, 6) is 0.310. The number of carbonyl (C=O) groups excluding carboxylic acids is 1. The second kappa shape index (κ2) is 7.12. The van der Waals surface area contributed by atoms with Crippen LogP contribution in [0.4, 0.5) is 0 Å². The molecule has 1 aliphatic carbocycles. The van der Waals surface area contributed by atoms with Crippen LogP contribution in [0, 0.1) is 0 Å². The fourth-order valence-corrected chi connectivity index (χ4v) is 7.45. The van der Waals surface area contributed by atoms with E-state index in [9.17, 15) is 4.79 Å². The molecular formula is C10H19O3PS2. The minimum Gasteiger partial charge on any atom is -0.322 e. The lowest BCUT2D eigenvalue weighted by atomic mass is 9.99. The van der Waals surface area contributed by atoms with Gasteiger partial charge in [-0.3, -0.25) is 4.79 Å². The predicted molar refractivity (Wildman–Crippen MR) is 72.4 cm³/mol. The summed E-state index contributed by atoms with van der Waals surface area (Å²) in [6, 6.07) is 0. The lowest BCUT2D eigenvalue weighted by molar-refractivity contribution is -0.119. The Morgan fingerprint density at radius 1 is 1.38 bits per heavy atom. The molecule has 0 spiro atoms. The van der Waals surface area contributed by atoms with Crippen molar-refractivity contribution in [3.05, 3.63) is 0 Å². The van der Waals surface area contributed by atoms with E-state index >= 15 is 0 Å². The van der Waals surface area contributed by atoms with Crippen molar-refractivity contribution in [3.63, 3.8) is 0 Å². The zero-order valence-corrected chi connectivity index (χ0v) is 12.3. The maximum Gasteiger partial charge on any atom is 0.248 e. The van der Waals surface area contributed by atoms with Crippen molar-refractivity contribution in [2.24, 2.45) is 0 Å². The summed E-state index contributed by atoms with van der Waals surface area (Å²) in [6.07, 6.45) is 3.73.